The van der Waals surface area contributed by atoms with Gasteiger partial charge in [-0.05, 0) is 54.3 Å². The van der Waals surface area contributed by atoms with Crippen LogP contribution in [0.3, 0.4) is 0 Å². The number of amides is 1. The number of thioether (sulfide) groups is 1. The molecule has 1 atom stereocenters. The third kappa shape index (κ3) is 5.03. The smallest absolute Gasteiger partial charge is 0.237 e. The fraction of sp³-hybridized carbons (Fsp3) is 0.316. The van der Waals surface area contributed by atoms with E-state index in [1.54, 1.807) is 11.8 Å². The maximum absolute atomic E-state index is 12.5. The van der Waals surface area contributed by atoms with Gasteiger partial charge in [-0.15, -0.1) is 11.8 Å². The lowest BCUT2D eigenvalue weighted by molar-refractivity contribution is -0.115. The van der Waals surface area contributed by atoms with Crippen LogP contribution in [0, 0.1) is 0 Å². The number of anilines is 2. The highest BCUT2D eigenvalue weighted by Gasteiger charge is 2.18. The molecule has 0 radical (unpaired) electrons. The molecule has 2 aromatic rings. The van der Waals surface area contributed by atoms with Crippen molar-refractivity contribution < 1.29 is 4.79 Å². The average molecular weight is 328 g/mol. The Balaban J connectivity index is 2.00. The lowest BCUT2D eigenvalue weighted by atomic mass is 10.0. The largest absolute Gasteiger partial charge is 0.399 e. The molecule has 0 bridgehead atoms. The van der Waals surface area contributed by atoms with E-state index in [0.717, 1.165) is 22.7 Å². The minimum atomic E-state index is -0.122. The Morgan fingerprint density at radius 3 is 2.22 bits per heavy atom. The molecule has 1 unspecified atom stereocenters. The summed E-state index contributed by atoms with van der Waals surface area (Å²) < 4.78 is 0. The third-order valence-corrected chi connectivity index (χ3v) is 5.04. The van der Waals surface area contributed by atoms with Crippen molar-refractivity contribution in [2.45, 2.75) is 43.3 Å². The van der Waals surface area contributed by atoms with Crippen molar-refractivity contribution in [2.24, 2.45) is 0 Å². The molecule has 3 nitrogen and oxygen atoms in total. The monoisotopic (exact) mass is 328 g/mol. The number of carbonyl (C=O) groups excluding carboxylic acids is 1. The van der Waals surface area contributed by atoms with E-state index in [1.807, 2.05) is 43.3 Å². The molecule has 0 spiro atoms. The molecule has 0 aliphatic rings. The number of nitrogens with two attached hydrogens (primary N) is 1. The SMILES string of the molecule is CCC(Sc1ccc(N)cc1)C(=O)Nc1ccc(C(C)C)cc1. The molecule has 0 fully saturated rings. The lowest BCUT2D eigenvalue weighted by Crippen LogP contribution is -2.24. The van der Waals surface area contributed by atoms with Crippen LogP contribution in [-0.2, 0) is 4.79 Å². The van der Waals surface area contributed by atoms with Crippen LogP contribution in [0.5, 0.6) is 0 Å². The molecule has 122 valence electrons. The maximum Gasteiger partial charge on any atom is 0.237 e. The molecule has 0 aliphatic heterocycles. The fourth-order valence-corrected chi connectivity index (χ4v) is 3.16. The van der Waals surface area contributed by atoms with Crippen molar-refractivity contribution in [3.63, 3.8) is 0 Å². The van der Waals surface area contributed by atoms with Gasteiger partial charge < -0.3 is 11.1 Å². The van der Waals surface area contributed by atoms with Crippen molar-refractivity contribution in [3.05, 3.63) is 54.1 Å². The molecular weight excluding hydrogens is 304 g/mol. The summed E-state index contributed by atoms with van der Waals surface area (Å²) in [5.41, 5.74) is 8.54. The summed E-state index contributed by atoms with van der Waals surface area (Å²) >= 11 is 1.57. The topological polar surface area (TPSA) is 55.1 Å². The second-order valence-corrected chi connectivity index (χ2v) is 7.13. The first-order valence-electron chi connectivity index (χ1n) is 7.92. The van der Waals surface area contributed by atoms with E-state index in [1.165, 1.54) is 5.56 Å². The second-order valence-electron chi connectivity index (χ2n) is 5.85. The number of hydrogen-bond donors (Lipinski definition) is 2. The number of benzene rings is 2. The Kier molecular flexibility index (Phi) is 6.11. The number of nitrogens with one attached hydrogen (secondary N) is 1. The summed E-state index contributed by atoms with van der Waals surface area (Å²) in [4.78, 5) is 13.5. The van der Waals surface area contributed by atoms with Gasteiger partial charge in [0.1, 0.15) is 0 Å². The Bertz CT molecular complexity index is 635. The zero-order chi connectivity index (χ0) is 16.8. The van der Waals surface area contributed by atoms with E-state index < -0.39 is 0 Å². The summed E-state index contributed by atoms with van der Waals surface area (Å²) in [5, 5.41) is 2.88. The molecule has 2 aromatic carbocycles. The van der Waals surface area contributed by atoms with E-state index in [4.69, 9.17) is 5.73 Å². The number of carbonyl (C=O) groups is 1. The fourth-order valence-electron chi connectivity index (χ4n) is 2.21. The van der Waals surface area contributed by atoms with Crippen LogP contribution in [0.4, 0.5) is 11.4 Å². The van der Waals surface area contributed by atoms with Gasteiger partial charge in [0.05, 0.1) is 5.25 Å². The Hall–Kier alpha value is -1.94. The van der Waals surface area contributed by atoms with Gasteiger partial charge in [0, 0.05) is 16.3 Å². The molecule has 0 saturated carbocycles. The van der Waals surface area contributed by atoms with E-state index in [2.05, 4.69) is 31.3 Å². The highest BCUT2D eigenvalue weighted by atomic mass is 32.2. The zero-order valence-corrected chi connectivity index (χ0v) is 14.7. The number of rotatable bonds is 6. The first-order chi connectivity index (χ1) is 11.0. The Morgan fingerprint density at radius 1 is 1.09 bits per heavy atom. The first kappa shape index (κ1) is 17.4. The summed E-state index contributed by atoms with van der Waals surface area (Å²) in [6.45, 7) is 6.34. The minimum Gasteiger partial charge on any atom is -0.399 e. The molecule has 0 aromatic heterocycles. The van der Waals surface area contributed by atoms with Crippen molar-refractivity contribution in [1.82, 2.24) is 0 Å². The van der Waals surface area contributed by atoms with Gasteiger partial charge in [0.25, 0.3) is 0 Å². The van der Waals surface area contributed by atoms with Crippen molar-refractivity contribution in [2.75, 3.05) is 11.1 Å². The lowest BCUT2D eigenvalue weighted by Gasteiger charge is -2.15. The van der Waals surface area contributed by atoms with Crippen molar-refractivity contribution in [1.29, 1.82) is 0 Å². The second kappa shape index (κ2) is 8.06. The molecule has 4 heteroatoms. The van der Waals surface area contributed by atoms with Gasteiger partial charge in [-0.25, -0.2) is 0 Å². The van der Waals surface area contributed by atoms with E-state index in [0.29, 0.717) is 5.92 Å². The Labute approximate surface area is 142 Å². The molecule has 1 amide bonds. The van der Waals surface area contributed by atoms with E-state index in [-0.39, 0.29) is 11.2 Å². The molecule has 3 N–H and O–H groups in total. The van der Waals surface area contributed by atoms with Gasteiger partial charge in [-0.3, -0.25) is 4.79 Å². The number of hydrogen-bond acceptors (Lipinski definition) is 3. The van der Waals surface area contributed by atoms with Crippen LogP contribution in [0.2, 0.25) is 0 Å². The van der Waals surface area contributed by atoms with Crippen LogP contribution in [-0.4, -0.2) is 11.2 Å². The van der Waals surface area contributed by atoms with E-state index in [9.17, 15) is 4.79 Å². The van der Waals surface area contributed by atoms with Gasteiger partial charge >= 0.3 is 0 Å². The molecule has 0 heterocycles. The van der Waals surface area contributed by atoms with Gasteiger partial charge in [0.2, 0.25) is 5.91 Å². The zero-order valence-electron chi connectivity index (χ0n) is 13.9. The predicted octanol–water partition coefficient (Wildman–Crippen LogP) is 4.90. The van der Waals surface area contributed by atoms with Crippen LogP contribution >= 0.6 is 11.8 Å². The minimum absolute atomic E-state index is 0.0339. The van der Waals surface area contributed by atoms with E-state index >= 15 is 0 Å². The standard InChI is InChI=1S/C19H24N2OS/c1-4-18(23-17-11-7-15(20)8-12-17)19(22)21-16-9-5-14(6-10-16)13(2)3/h5-13,18H,4,20H2,1-3H3,(H,21,22). The Morgan fingerprint density at radius 2 is 1.70 bits per heavy atom. The van der Waals surface area contributed by atoms with Gasteiger partial charge in [-0.1, -0.05) is 32.9 Å². The quantitative estimate of drug-likeness (QED) is 0.585. The summed E-state index contributed by atoms with van der Waals surface area (Å²) in [7, 11) is 0. The van der Waals surface area contributed by atoms with Crippen LogP contribution < -0.4 is 11.1 Å². The van der Waals surface area contributed by atoms with Gasteiger partial charge in [0.15, 0.2) is 0 Å². The first-order valence-corrected chi connectivity index (χ1v) is 8.80. The molecule has 0 saturated heterocycles. The average Bonchev–Trinajstić information content (AvgIpc) is 2.54. The number of nitrogen functional groups attached to an aromatic ring is 1. The third-order valence-electron chi connectivity index (χ3n) is 3.67. The normalized spacial score (nSPS) is 12.2. The highest BCUT2D eigenvalue weighted by molar-refractivity contribution is 8.00. The summed E-state index contributed by atoms with van der Waals surface area (Å²) in [5.74, 6) is 0.524. The molecular formula is C19H24N2OS. The van der Waals surface area contributed by atoms with Crippen LogP contribution in [0.1, 0.15) is 38.7 Å². The highest BCUT2D eigenvalue weighted by Crippen LogP contribution is 2.27. The summed E-state index contributed by atoms with van der Waals surface area (Å²) in [6, 6.07) is 15.7. The molecule has 2 rings (SSSR count). The van der Waals surface area contributed by atoms with Crippen molar-refractivity contribution in [3.8, 4) is 0 Å². The van der Waals surface area contributed by atoms with Crippen LogP contribution in [0.15, 0.2) is 53.4 Å². The molecule has 23 heavy (non-hydrogen) atoms. The van der Waals surface area contributed by atoms with Crippen molar-refractivity contribution >= 4 is 29.0 Å². The summed E-state index contributed by atoms with van der Waals surface area (Å²) in [6.07, 6.45) is 0.769. The van der Waals surface area contributed by atoms with Crippen LogP contribution in [0.25, 0.3) is 0 Å². The maximum atomic E-state index is 12.5. The predicted molar refractivity (Wildman–Crippen MR) is 100.0 cm³/mol. The molecule has 0 aliphatic carbocycles. The van der Waals surface area contributed by atoms with Gasteiger partial charge in [-0.2, -0.15) is 0 Å².